The lowest BCUT2D eigenvalue weighted by molar-refractivity contribution is -0.137. The smallest absolute Gasteiger partial charge is 0.416 e. The van der Waals surface area contributed by atoms with Crippen LogP contribution in [0.3, 0.4) is 0 Å². The molecule has 2 aromatic heterocycles. The van der Waals surface area contributed by atoms with E-state index in [1.165, 1.54) is 68.1 Å². The van der Waals surface area contributed by atoms with Gasteiger partial charge in [0.25, 0.3) is 5.91 Å². The number of nitrogens with one attached hydrogen (secondary N) is 1. The van der Waals surface area contributed by atoms with Crippen molar-refractivity contribution < 1.29 is 27.9 Å². The molecule has 0 unspecified atom stereocenters. The Bertz CT molecular complexity index is 1850. The highest BCUT2D eigenvalue weighted by Crippen LogP contribution is 2.32. The number of alkyl halides is 3. The summed E-state index contributed by atoms with van der Waals surface area (Å²) in [5, 5.41) is 20.7. The standard InChI is InChI=1S/C19H25N5O.C13H10F3N3O2.C6H14N2/c1-15-11-16(2)13-17(12-15)19-20-14-24(22-19)10-7-18(25)21-23-8-5-3-4-6-9-23;1-8-4-9(6-10(5-8)13(14,15)16)12-17-7-19(18-12)3-2-11(20)21;7-8-5-3-1-2-4-6-8/h7,10-14H,3-6,8-9H2,1-2H3,(H,21,25);2-7H,1H3,(H,20,21);1-7H2/b10-7-;3-2-;. The van der Waals surface area contributed by atoms with Gasteiger partial charge in [-0.05, 0) is 82.3 Å². The van der Waals surface area contributed by atoms with Crippen LogP contribution in [0.15, 0.2) is 61.2 Å². The van der Waals surface area contributed by atoms with Crippen molar-refractivity contribution in [2.45, 2.75) is 78.3 Å². The van der Waals surface area contributed by atoms with Gasteiger partial charge in [-0.1, -0.05) is 42.9 Å². The van der Waals surface area contributed by atoms with E-state index in [2.05, 4.69) is 57.6 Å². The first kappa shape index (κ1) is 41.6. The van der Waals surface area contributed by atoms with Gasteiger partial charge in [-0.3, -0.25) is 16.1 Å². The molecule has 4 N–H and O–H groups in total. The SMILES string of the molecule is Cc1cc(-c2ncn(/C=C\C(=O)O)n2)cc(C(F)(F)F)c1.Cc1cc(C)cc(-c2ncn(/C=C\C(=O)NN3CCCCCC3)n2)c1.NN1CCCCCC1. The summed E-state index contributed by atoms with van der Waals surface area (Å²) in [7, 11) is 0. The summed E-state index contributed by atoms with van der Waals surface area (Å²) in [6.45, 7) is 9.68. The lowest BCUT2D eigenvalue weighted by Crippen LogP contribution is -2.41. The molecular weight excluding hydrogens is 701 g/mol. The van der Waals surface area contributed by atoms with Crippen LogP contribution in [0.5, 0.6) is 0 Å². The number of amides is 1. The molecule has 54 heavy (non-hydrogen) atoms. The molecule has 2 saturated heterocycles. The van der Waals surface area contributed by atoms with Gasteiger partial charge in [0.2, 0.25) is 0 Å². The van der Waals surface area contributed by atoms with Crippen molar-refractivity contribution in [2.24, 2.45) is 5.84 Å². The second-order valence-electron chi connectivity index (χ2n) is 13.4. The Labute approximate surface area is 313 Å². The number of nitrogens with zero attached hydrogens (tertiary/aromatic N) is 8. The molecule has 2 aliphatic heterocycles. The van der Waals surface area contributed by atoms with Crippen LogP contribution in [0.25, 0.3) is 35.2 Å². The molecule has 0 spiro atoms. The number of aromatic nitrogens is 6. The molecule has 1 amide bonds. The molecule has 2 aliphatic rings. The molecule has 16 heteroatoms. The van der Waals surface area contributed by atoms with Crippen molar-refractivity contribution in [1.82, 2.24) is 45.0 Å². The summed E-state index contributed by atoms with van der Waals surface area (Å²) in [6, 6.07) is 9.74. The normalized spacial score (nSPS) is 15.8. The van der Waals surface area contributed by atoms with Gasteiger partial charge in [0, 0.05) is 61.9 Å². The zero-order valence-electron chi connectivity index (χ0n) is 31.0. The van der Waals surface area contributed by atoms with E-state index in [4.69, 9.17) is 10.9 Å². The summed E-state index contributed by atoms with van der Waals surface area (Å²) in [4.78, 5) is 30.6. The summed E-state index contributed by atoms with van der Waals surface area (Å²) in [5.41, 5.74) is 6.13. The van der Waals surface area contributed by atoms with Crippen molar-refractivity contribution >= 4 is 24.3 Å². The largest absolute Gasteiger partial charge is 0.478 e. The van der Waals surface area contributed by atoms with Crippen LogP contribution in [0.1, 0.15) is 73.6 Å². The van der Waals surface area contributed by atoms with Crippen LogP contribution >= 0.6 is 0 Å². The van der Waals surface area contributed by atoms with Crippen LogP contribution in [0.2, 0.25) is 0 Å². The summed E-state index contributed by atoms with van der Waals surface area (Å²) >= 11 is 0. The van der Waals surface area contributed by atoms with E-state index < -0.39 is 17.7 Å². The molecule has 0 aliphatic carbocycles. The van der Waals surface area contributed by atoms with Crippen LogP contribution < -0.4 is 11.3 Å². The quantitative estimate of drug-likeness (QED) is 0.141. The number of carboxylic acids is 1. The summed E-state index contributed by atoms with van der Waals surface area (Å²) in [6.07, 6.45) is 13.5. The minimum atomic E-state index is -4.45. The fraction of sp³-hybridized carbons (Fsp3) is 0.421. The predicted octanol–water partition coefficient (Wildman–Crippen LogP) is 6.50. The van der Waals surface area contributed by atoms with Gasteiger partial charge >= 0.3 is 12.1 Å². The fourth-order valence-corrected chi connectivity index (χ4v) is 5.89. The molecule has 2 fully saturated rings. The second kappa shape index (κ2) is 20.3. The number of carboxylic acid groups (broad SMARTS) is 1. The first-order valence-electron chi connectivity index (χ1n) is 18.0. The Hall–Kier alpha value is -5.19. The van der Waals surface area contributed by atoms with Gasteiger partial charge in [-0.2, -0.15) is 13.2 Å². The Kier molecular flexibility index (Phi) is 15.6. The monoisotopic (exact) mass is 750 g/mol. The third-order valence-corrected chi connectivity index (χ3v) is 8.42. The molecule has 290 valence electrons. The molecule has 4 aromatic rings. The van der Waals surface area contributed by atoms with Gasteiger partial charge in [0.15, 0.2) is 11.6 Å². The minimum Gasteiger partial charge on any atom is -0.478 e. The average Bonchev–Trinajstić information content (AvgIpc) is 3.64. The molecule has 2 aromatic carbocycles. The number of hydrazine groups is 2. The molecule has 13 nitrogen and oxygen atoms in total. The zero-order valence-corrected chi connectivity index (χ0v) is 31.0. The highest BCUT2D eigenvalue weighted by molar-refractivity contribution is 5.89. The van der Waals surface area contributed by atoms with E-state index in [1.54, 1.807) is 24.1 Å². The predicted molar refractivity (Wildman–Crippen MR) is 201 cm³/mol. The van der Waals surface area contributed by atoms with Crippen LogP contribution in [0, 0.1) is 20.8 Å². The van der Waals surface area contributed by atoms with E-state index in [0.717, 1.165) is 73.7 Å². The number of hydrogen-bond acceptors (Lipinski definition) is 9. The lowest BCUT2D eigenvalue weighted by Gasteiger charge is -2.19. The van der Waals surface area contributed by atoms with Crippen molar-refractivity contribution in [3.05, 3.63) is 83.5 Å². The number of carbonyl (C=O) groups is 2. The molecule has 0 atom stereocenters. The van der Waals surface area contributed by atoms with Gasteiger partial charge in [-0.15, -0.1) is 10.2 Å². The summed E-state index contributed by atoms with van der Waals surface area (Å²) in [5.74, 6) is 5.01. The van der Waals surface area contributed by atoms with Crippen molar-refractivity contribution in [3.8, 4) is 22.8 Å². The van der Waals surface area contributed by atoms with Gasteiger partial charge in [0.05, 0.1) is 5.56 Å². The van der Waals surface area contributed by atoms with Gasteiger partial charge in [-0.25, -0.2) is 34.1 Å². The minimum absolute atomic E-state index is 0.0826. The van der Waals surface area contributed by atoms with E-state index in [0.29, 0.717) is 11.4 Å². The Morgan fingerprint density at radius 3 is 1.67 bits per heavy atom. The third kappa shape index (κ3) is 14.3. The van der Waals surface area contributed by atoms with E-state index in [1.807, 2.05) is 10.0 Å². The first-order valence-corrected chi connectivity index (χ1v) is 18.0. The first-order chi connectivity index (χ1) is 25.7. The number of carbonyl (C=O) groups excluding carboxylic acids is 1. The van der Waals surface area contributed by atoms with Crippen molar-refractivity contribution in [1.29, 1.82) is 0 Å². The Morgan fingerprint density at radius 1 is 0.704 bits per heavy atom. The number of aliphatic carboxylic acids is 1. The van der Waals surface area contributed by atoms with Crippen LogP contribution in [-0.2, 0) is 15.8 Å². The highest BCUT2D eigenvalue weighted by atomic mass is 19.4. The molecule has 4 heterocycles. The maximum absolute atomic E-state index is 12.8. The van der Waals surface area contributed by atoms with E-state index in [-0.39, 0.29) is 17.3 Å². The molecule has 6 rings (SSSR count). The number of rotatable bonds is 7. The van der Waals surface area contributed by atoms with Crippen molar-refractivity contribution in [3.63, 3.8) is 0 Å². The molecule has 0 bridgehead atoms. The number of hydrogen-bond donors (Lipinski definition) is 3. The highest BCUT2D eigenvalue weighted by Gasteiger charge is 2.31. The summed E-state index contributed by atoms with van der Waals surface area (Å²) < 4.78 is 40.9. The van der Waals surface area contributed by atoms with Crippen LogP contribution in [0.4, 0.5) is 13.2 Å². The zero-order chi connectivity index (χ0) is 39.1. The van der Waals surface area contributed by atoms with Crippen molar-refractivity contribution in [2.75, 3.05) is 26.2 Å². The third-order valence-electron chi connectivity index (χ3n) is 8.42. The Morgan fingerprint density at radius 2 is 1.17 bits per heavy atom. The number of aryl methyl sites for hydroxylation is 3. The fourth-order valence-electron chi connectivity index (χ4n) is 5.89. The van der Waals surface area contributed by atoms with Gasteiger partial charge in [0.1, 0.15) is 12.7 Å². The lowest BCUT2D eigenvalue weighted by atomic mass is 10.1. The number of nitrogens with two attached hydrogens (primary N) is 1. The topological polar surface area (TPSA) is 160 Å². The number of halogens is 3. The molecular formula is C38H49F3N10O3. The Balaban J connectivity index is 0.000000202. The van der Waals surface area contributed by atoms with Gasteiger partial charge < -0.3 is 5.11 Å². The maximum Gasteiger partial charge on any atom is 0.416 e. The van der Waals surface area contributed by atoms with E-state index >= 15 is 0 Å². The maximum atomic E-state index is 12.8. The average molecular weight is 751 g/mol. The molecule has 0 radical (unpaired) electrons. The van der Waals surface area contributed by atoms with Crippen LogP contribution in [-0.4, -0.2) is 82.7 Å². The van der Waals surface area contributed by atoms with E-state index in [9.17, 15) is 22.8 Å². The second-order valence-corrected chi connectivity index (χ2v) is 13.4. The number of benzene rings is 2. The molecule has 0 saturated carbocycles.